The van der Waals surface area contributed by atoms with E-state index in [1.807, 2.05) is 18.5 Å². The summed E-state index contributed by atoms with van der Waals surface area (Å²) in [6.45, 7) is 1.76. The van der Waals surface area contributed by atoms with Crippen LogP contribution in [0.15, 0.2) is 140 Å². The van der Waals surface area contributed by atoms with Crippen molar-refractivity contribution in [3.63, 3.8) is 0 Å². The number of H-pyrrole nitrogens is 2. The van der Waals surface area contributed by atoms with E-state index in [0.717, 1.165) is 56.7 Å². The van der Waals surface area contributed by atoms with Crippen molar-refractivity contribution in [2.75, 3.05) is 13.1 Å². The number of hydrogen-bond donors (Lipinski definition) is 11. The molecule has 0 unspecified atom stereocenters. The van der Waals surface area contributed by atoms with Gasteiger partial charge in [0, 0.05) is 77.3 Å². The number of aromatic amines is 2. The molecule has 2 bridgehead atoms. The number of phenols is 5. The number of aliphatic hydroxyl groups excluding tert-OH is 1. The van der Waals surface area contributed by atoms with Crippen molar-refractivity contribution in [2.45, 2.75) is 170 Å². The predicted octanol–water partition coefficient (Wildman–Crippen LogP) is 14.0. The van der Waals surface area contributed by atoms with E-state index in [0.29, 0.717) is 52.7 Å². The van der Waals surface area contributed by atoms with Crippen LogP contribution < -0.4 is 16.0 Å². The normalized spacial score (nSPS) is 33.5. The summed E-state index contributed by atoms with van der Waals surface area (Å²) in [6.07, 6.45) is 39.3. The standard InChI is InChI=1S/C78H90N6O6/c85-65-27-21-49(37-68(65)88)20-25-57-58-15-6-16-66(86)70(58)72(90)71(89)59(57)26-19-47-17-22-52(23-18-47)62-40-75(41-63-53(38-60(64(42-75)83-63)51-11-2-1-3-12-51)44-79-34-29-50-36-56(81-43-50)35-48-9-4-5-10-48)61-39-55-14-8-31-77(55)33-32-76-30-7-13-54(76)24-28-67(87)73(76)78(77,74(61)84-62)69-45-80-46-82-69/h1-3,6,11-12,15-18,20-25,27-28,36-38,43,45-46,48,54-55,60-64,67,73-74,79,81,83-90H,4-5,7-10,13-14,19,26,29-35,39-42,44H2,(H,80,82)/b25-20+/t54-,55-,60-,61+,62-,63+,64-,67+,73+,74+,75+,76+,77-,78+/m1/s1. The van der Waals surface area contributed by atoms with Gasteiger partial charge < -0.3 is 56.6 Å². The Labute approximate surface area is 529 Å². The Bertz CT molecular complexity index is 3890. The smallest absolute Gasteiger partial charge is 0.169 e. The first kappa shape index (κ1) is 58.0. The van der Waals surface area contributed by atoms with Gasteiger partial charge in [0.05, 0.1) is 17.8 Å². The minimum atomic E-state index is -0.565. The number of nitrogens with zero attached hydrogens (tertiary/aromatic N) is 1. The first-order chi connectivity index (χ1) is 43.9. The molecule has 2 saturated heterocycles. The molecule has 468 valence electrons. The Kier molecular flexibility index (Phi) is 14.8. The van der Waals surface area contributed by atoms with E-state index in [-0.39, 0.29) is 86.4 Å². The van der Waals surface area contributed by atoms with Gasteiger partial charge in [0.25, 0.3) is 0 Å². The van der Waals surface area contributed by atoms with Gasteiger partial charge >= 0.3 is 0 Å². The lowest BCUT2D eigenvalue weighted by molar-refractivity contribution is -0.217. The SMILES string of the molecule is Oc1ccc(/C=C/c2c(CCc3ccc([C@H]4C[C@@]5(C[C@@H]6N[C@H](C5)[C@@H](c5ccccc5)C=C6CNCCc5c[nH]c(CC6CCCC6)c5)[C@H]5C[C@H]6CCC[C@@]67CC[C@@]68CCC[C@@H]6C=C[C@H](O)[C@@H]8[C@@]7(c6cnc[nH]6)[C@H]5N4)cc3)c(O)c(O)c3c(O)cccc23)cc1O. The Morgan fingerprint density at radius 1 is 0.678 bits per heavy atom. The number of allylic oxidation sites excluding steroid dienone is 1. The quantitative estimate of drug-likeness (QED) is 0.0203. The topological polar surface area (TPSA) is 202 Å². The second-order valence-electron chi connectivity index (χ2n) is 29.6. The number of piperidine rings is 2. The van der Waals surface area contributed by atoms with Gasteiger partial charge in [0.15, 0.2) is 23.0 Å². The number of rotatable bonds is 15. The first-order valence-corrected chi connectivity index (χ1v) is 34.4. The van der Waals surface area contributed by atoms with E-state index in [1.54, 1.807) is 18.2 Å². The minimum Gasteiger partial charge on any atom is -0.507 e. The highest BCUT2D eigenvalue weighted by atomic mass is 16.3. The van der Waals surface area contributed by atoms with Crippen LogP contribution in [-0.2, 0) is 31.1 Å². The molecule has 16 rings (SSSR count). The van der Waals surface area contributed by atoms with Crippen LogP contribution in [0.1, 0.15) is 165 Å². The molecule has 7 aromatic rings. The molecule has 12 heteroatoms. The number of hydrogen-bond acceptors (Lipinski definition) is 10. The van der Waals surface area contributed by atoms with Crippen molar-refractivity contribution in [1.29, 1.82) is 0 Å². The number of fused-ring (bicyclic) bond motifs is 7. The van der Waals surface area contributed by atoms with Crippen molar-refractivity contribution in [2.24, 2.45) is 45.8 Å². The van der Waals surface area contributed by atoms with Gasteiger partial charge in [-0.2, -0.15) is 0 Å². The molecule has 5 heterocycles. The Balaban J connectivity index is 0.769. The van der Waals surface area contributed by atoms with Gasteiger partial charge in [-0.05, 0) is 205 Å². The third-order valence-electron chi connectivity index (χ3n) is 25.6. The molecule has 3 spiro atoms. The maximum absolute atomic E-state index is 13.2. The van der Waals surface area contributed by atoms with Gasteiger partial charge in [0.1, 0.15) is 5.75 Å². The average Bonchev–Trinajstić information content (AvgIpc) is 1.18. The maximum atomic E-state index is 13.2. The summed E-state index contributed by atoms with van der Waals surface area (Å²) in [5.41, 5.74) is 10.6. The fraction of sp³-hybridized carbons (Fsp3) is 0.474. The van der Waals surface area contributed by atoms with Crippen LogP contribution in [0.4, 0.5) is 0 Å². The van der Waals surface area contributed by atoms with Gasteiger partial charge in [-0.25, -0.2) is 4.98 Å². The Morgan fingerprint density at radius 3 is 2.36 bits per heavy atom. The van der Waals surface area contributed by atoms with E-state index in [1.165, 1.54) is 135 Å². The van der Waals surface area contributed by atoms with E-state index >= 15 is 0 Å². The van der Waals surface area contributed by atoms with E-state index in [9.17, 15) is 30.6 Å². The number of phenolic OH excluding ortho intramolecular Hbond substituents is 5. The van der Waals surface area contributed by atoms with Crippen molar-refractivity contribution in [1.82, 2.24) is 30.9 Å². The van der Waals surface area contributed by atoms with Crippen molar-refractivity contribution in [3.05, 3.63) is 190 Å². The van der Waals surface area contributed by atoms with Crippen molar-refractivity contribution < 1.29 is 30.6 Å². The highest BCUT2D eigenvalue weighted by Gasteiger charge is 2.78. The molecule has 0 amide bonds. The van der Waals surface area contributed by atoms with Crippen LogP contribution in [0.5, 0.6) is 28.7 Å². The summed E-state index contributed by atoms with van der Waals surface area (Å²) in [5.74, 6) is 1.19. The fourth-order valence-electron chi connectivity index (χ4n) is 21.9. The van der Waals surface area contributed by atoms with Gasteiger partial charge in [-0.3, -0.25) is 0 Å². The summed E-state index contributed by atoms with van der Waals surface area (Å²) >= 11 is 0. The minimum absolute atomic E-state index is 0.00168. The Morgan fingerprint density at radius 2 is 1.52 bits per heavy atom. The third kappa shape index (κ3) is 9.44. The lowest BCUT2D eigenvalue weighted by Crippen LogP contribution is -2.78. The van der Waals surface area contributed by atoms with Gasteiger partial charge in [0.2, 0.25) is 0 Å². The second kappa shape index (κ2) is 22.9. The third-order valence-corrected chi connectivity index (χ3v) is 25.6. The van der Waals surface area contributed by atoms with Crippen LogP contribution in [-0.4, -0.2) is 82.9 Å². The summed E-state index contributed by atoms with van der Waals surface area (Å²) in [5, 5.41) is 81.9. The van der Waals surface area contributed by atoms with Crippen LogP contribution in [0, 0.1) is 45.8 Å². The van der Waals surface area contributed by atoms with E-state index < -0.39 is 11.5 Å². The number of imidazole rings is 1. The number of nitrogens with one attached hydrogen (secondary N) is 5. The molecule has 3 aliphatic heterocycles. The molecule has 5 aromatic carbocycles. The Hall–Kier alpha value is -7.09. The lowest BCUT2D eigenvalue weighted by atomic mass is 9.31. The zero-order valence-electron chi connectivity index (χ0n) is 51.9. The summed E-state index contributed by atoms with van der Waals surface area (Å²) in [4.78, 5) is 12.6. The highest BCUT2D eigenvalue weighted by molar-refractivity contribution is 6.03. The van der Waals surface area contributed by atoms with Crippen molar-refractivity contribution >= 4 is 22.9 Å². The molecule has 12 nitrogen and oxygen atoms in total. The number of aromatic hydroxyl groups is 5. The summed E-state index contributed by atoms with van der Waals surface area (Å²) in [7, 11) is 0. The zero-order valence-corrected chi connectivity index (χ0v) is 51.9. The molecular weight excluding hydrogens is 1120 g/mol. The molecule has 0 radical (unpaired) electrons. The monoisotopic (exact) mass is 1210 g/mol. The summed E-state index contributed by atoms with van der Waals surface area (Å²) < 4.78 is 0. The largest absolute Gasteiger partial charge is 0.507 e. The highest BCUT2D eigenvalue weighted by Crippen LogP contribution is 2.79. The van der Waals surface area contributed by atoms with Crippen molar-refractivity contribution in [3.8, 4) is 28.7 Å². The van der Waals surface area contributed by atoms with Crippen LogP contribution >= 0.6 is 0 Å². The second-order valence-corrected chi connectivity index (χ2v) is 29.6. The molecule has 6 aliphatic carbocycles. The average molecular weight is 1210 g/mol. The van der Waals surface area contributed by atoms with Crippen LogP contribution in [0.3, 0.4) is 0 Å². The number of benzene rings is 5. The number of aryl methyl sites for hydroxylation is 1. The molecule has 9 aliphatic rings. The molecular formula is C78H90N6O6. The maximum Gasteiger partial charge on any atom is 0.169 e. The van der Waals surface area contributed by atoms with E-state index in [2.05, 4.69) is 112 Å². The molecule has 11 N–H and O–H groups in total. The van der Waals surface area contributed by atoms with E-state index in [4.69, 9.17) is 10.3 Å². The molecule has 7 fully saturated rings. The molecule has 2 aromatic heterocycles. The predicted molar refractivity (Wildman–Crippen MR) is 354 cm³/mol. The molecule has 5 saturated carbocycles. The molecule has 14 atom stereocenters. The molecule has 90 heavy (non-hydrogen) atoms. The number of aromatic nitrogens is 3. The first-order valence-electron chi connectivity index (χ1n) is 34.4. The van der Waals surface area contributed by atoms with Gasteiger partial charge in [-0.15, -0.1) is 0 Å². The fourth-order valence-corrected chi connectivity index (χ4v) is 21.9. The number of aliphatic hydroxyl groups is 1. The van der Waals surface area contributed by atoms with Crippen LogP contribution in [0.2, 0.25) is 0 Å². The zero-order chi connectivity index (χ0) is 60.9. The summed E-state index contributed by atoms with van der Waals surface area (Å²) in [6, 6.07) is 33.2. The lowest BCUT2D eigenvalue weighted by Gasteiger charge is -2.75. The van der Waals surface area contributed by atoms with Crippen LogP contribution in [0.25, 0.3) is 22.9 Å². The van der Waals surface area contributed by atoms with Gasteiger partial charge in [-0.1, -0.05) is 142 Å².